The molecule has 236 valence electrons. The molecule has 7 rings (SSSR count). The first-order valence-corrected chi connectivity index (χ1v) is 16.2. The lowest BCUT2D eigenvalue weighted by Gasteiger charge is -2.39. The number of ketones is 2. The fourth-order valence-electron chi connectivity index (χ4n) is 7.90. The fraction of sp³-hybridized carbons (Fsp3) is 0.256. The number of non-ortho nitro benzene ring substituents is 1. The molecule has 8 heteroatoms. The number of allylic oxidation sites excluding steroid dienone is 1. The van der Waals surface area contributed by atoms with Gasteiger partial charge in [-0.2, -0.15) is 0 Å². The maximum atomic E-state index is 15.1. The monoisotopic (exact) mass is 625 g/mol. The minimum absolute atomic E-state index is 0.139. The molecule has 1 amide bonds. The Kier molecular flexibility index (Phi) is 7.59. The third kappa shape index (κ3) is 4.70. The zero-order chi connectivity index (χ0) is 32.9. The second kappa shape index (κ2) is 11.8. The van der Waals surface area contributed by atoms with Crippen molar-refractivity contribution in [3.63, 3.8) is 0 Å². The first-order chi connectivity index (χ1) is 22.8. The van der Waals surface area contributed by atoms with E-state index in [9.17, 15) is 19.7 Å². The molecule has 1 spiro atoms. The van der Waals surface area contributed by atoms with Gasteiger partial charge in [-0.05, 0) is 60.7 Å². The molecular weight excluding hydrogens is 590 g/mol. The van der Waals surface area contributed by atoms with Gasteiger partial charge in [0.25, 0.3) is 5.69 Å². The number of Topliss-reactive ketones (excluding diaryl/α,β-unsaturated/α-hetero) is 2. The van der Waals surface area contributed by atoms with E-state index in [2.05, 4.69) is 12.2 Å². The molecule has 3 aliphatic rings. The highest BCUT2D eigenvalue weighted by molar-refractivity contribution is 6.18. The van der Waals surface area contributed by atoms with Gasteiger partial charge in [0.2, 0.25) is 5.91 Å². The van der Waals surface area contributed by atoms with Crippen molar-refractivity contribution in [2.75, 3.05) is 10.2 Å². The quantitative estimate of drug-likeness (QED) is 0.0889. The molecule has 0 radical (unpaired) electrons. The van der Waals surface area contributed by atoms with Crippen LogP contribution >= 0.6 is 0 Å². The van der Waals surface area contributed by atoms with Crippen LogP contribution in [-0.2, 0) is 16.6 Å². The van der Waals surface area contributed by atoms with Crippen LogP contribution in [0.3, 0.4) is 0 Å². The van der Waals surface area contributed by atoms with E-state index in [-0.39, 0.29) is 28.7 Å². The smallest absolute Gasteiger partial charge is 0.269 e. The molecule has 4 aromatic rings. The van der Waals surface area contributed by atoms with Crippen LogP contribution in [-0.4, -0.2) is 34.5 Å². The van der Waals surface area contributed by atoms with E-state index in [0.717, 1.165) is 48.1 Å². The number of carbonyl (C=O) groups excluding carboxylic acids is 3. The number of rotatable bonds is 9. The summed E-state index contributed by atoms with van der Waals surface area (Å²) in [6.45, 7) is 4.15. The zero-order valence-corrected chi connectivity index (χ0v) is 26.3. The van der Waals surface area contributed by atoms with Gasteiger partial charge in [-0.1, -0.05) is 86.5 Å². The minimum Gasteiger partial charge on any atom is -0.352 e. The van der Waals surface area contributed by atoms with E-state index in [1.165, 1.54) is 24.3 Å². The number of nitrogens with zero attached hydrogens (tertiary/aromatic N) is 2. The lowest BCUT2D eigenvalue weighted by Crippen LogP contribution is -2.51. The summed E-state index contributed by atoms with van der Waals surface area (Å²) >= 11 is 0. The summed E-state index contributed by atoms with van der Waals surface area (Å²) in [5.41, 5.74) is 4.15. The van der Waals surface area contributed by atoms with Gasteiger partial charge in [-0.3, -0.25) is 24.5 Å². The average Bonchev–Trinajstić information content (AvgIpc) is 3.56. The van der Waals surface area contributed by atoms with Gasteiger partial charge in [0.1, 0.15) is 11.5 Å². The second-order valence-corrected chi connectivity index (χ2v) is 12.7. The van der Waals surface area contributed by atoms with Crippen molar-refractivity contribution in [1.82, 2.24) is 0 Å². The van der Waals surface area contributed by atoms with Crippen molar-refractivity contribution in [2.45, 2.75) is 57.0 Å². The summed E-state index contributed by atoms with van der Waals surface area (Å²) in [6, 6.07) is 26.4. The van der Waals surface area contributed by atoms with Crippen LogP contribution in [0.2, 0.25) is 0 Å². The number of fused-ring (bicyclic) bond motifs is 6. The number of nitro benzene ring substituents is 1. The van der Waals surface area contributed by atoms with Crippen LogP contribution in [0.5, 0.6) is 0 Å². The maximum Gasteiger partial charge on any atom is 0.269 e. The number of aryl methyl sites for hydroxylation is 1. The Morgan fingerprint density at radius 2 is 1.53 bits per heavy atom. The Morgan fingerprint density at radius 3 is 2.26 bits per heavy atom. The summed E-state index contributed by atoms with van der Waals surface area (Å²) in [5, 5.41) is 14.5. The molecular formula is C39H35N3O5. The summed E-state index contributed by atoms with van der Waals surface area (Å²) < 4.78 is 0. The van der Waals surface area contributed by atoms with Gasteiger partial charge >= 0.3 is 0 Å². The molecule has 0 saturated carbocycles. The van der Waals surface area contributed by atoms with E-state index < -0.39 is 28.3 Å². The van der Waals surface area contributed by atoms with Crippen LogP contribution < -0.4 is 10.2 Å². The summed E-state index contributed by atoms with van der Waals surface area (Å²) in [5.74, 6) is -2.11. The molecule has 1 N–H and O–H groups in total. The Labute approximate surface area is 273 Å². The second-order valence-electron chi connectivity index (χ2n) is 12.7. The molecule has 3 heterocycles. The zero-order valence-electron chi connectivity index (χ0n) is 26.3. The number of carbonyl (C=O) groups is 3. The van der Waals surface area contributed by atoms with Crippen LogP contribution in [0, 0.1) is 16.0 Å². The highest BCUT2D eigenvalue weighted by Gasteiger charge is 2.70. The van der Waals surface area contributed by atoms with Gasteiger partial charge < -0.3 is 10.2 Å². The van der Waals surface area contributed by atoms with Crippen LogP contribution in [0.1, 0.15) is 70.5 Å². The van der Waals surface area contributed by atoms with Gasteiger partial charge in [0.15, 0.2) is 11.6 Å². The van der Waals surface area contributed by atoms with Crippen molar-refractivity contribution in [3.05, 3.63) is 141 Å². The SMILES string of the molecule is CCCCCc1ccc(C(=O)[C@H]2[C@H](C(=O)c3ccc([N+](=O)[O-])cc3)N3c4ccccc4C(C)=C[C@@H]3[C@]23C(=O)Nc2ccccc23)cc1. The molecule has 3 aliphatic heterocycles. The Balaban J connectivity index is 1.45. The minimum atomic E-state index is -1.43. The largest absolute Gasteiger partial charge is 0.352 e. The van der Waals surface area contributed by atoms with E-state index >= 15 is 4.79 Å². The van der Waals surface area contributed by atoms with Crippen molar-refractivity contribution in [2.24, 2.45) is 5.92 Å². The number of nitrogens with one attached hydrogen (secondary N) is 1. The molecule has 0 bridgehead atoms. The first-order valence-electron chi connectivity index (χ1n) is 16.2. The molecule has 1 saturated heterocycles. The van der Waals surface area contributed by atoms with E-state index in [4.69, 9.17) is 0 Å². The highest BCUT2D eigenvalue weighted by Crippen LogP contribution is 2.58. The van der Waals surface area contributed by atoms with E-state index in [1.807, 2.05) is 90.7 Å². The standard InChI is InChI=1S/C39H35N3O5/c1-3-4-5-10-25-15-17-26(18-16-25)36(43)34-35(37(44)27-19-21-28(22-20-27)42(46)47)41-32-14-9-6-11-29(32)24(2)23-33(41)39(34)30-12-7-8-13-31(30)40-38(39)45/h6-9,11-23,33-35H,3-5,10H2,1-2H3,(H,40,45)/t33-,34-,35-,39+/m1/s1. The van der Waals surface area contributed by atoms with Gasteiger partial charge in [0, 0.05) is 40.2 Å². The van der Waals surface area contributed by atoms with Crippen molar-refractivity contribution < 1.29 is 19.3 Å². The summed E-state index contributed by atoms with van der Waals surface area (Å²) in [7, 11) is 0. The van der Waals surface area contributed by atoms with Gasteiger partial charge in [0.05, 0.1) is 16.9 Å². The average molecular weight is 626 g/mol. The third-order valence-corrected chi connectivity index (χ3v) is 10.1. The molecule has 8 nitrogen and oxygen atoms in total. The van der Waals surface area contributed by atoms with Crippen LogP contribution in [0.15, 0.2) is 103 Å². The Morgan fingerprint density at radius 1 is 0.872 bits per heavy atom. The molecule has 1 fully saturated rings. The molecule has 0 unspecified atom stereocenters. The predicted octanol–water partition coefficient (Wildman–Crippen LogP) is 7.57. The normalized spacial score (nSPS) is 22.3. The molecule has 47 heavy (non-hydrogen) atoms. The lowest BCUT2D eigenvalue weighted by molar-refractivity contribution is -0.384. The number of benzene rings is 4. The first kappa shape index (κ1) is 30.3. The topological polar surface area (TPSA) is 110 Å². The van der Waals surface area contributed by atoms with Gasteiger partial charge in [-0.25, -0.2) is 0 Å². The number of amides is 1. The van der Waals surface area contributed by atoms with Crippen molar-refractivity contribution in [3.8, 4) is 0 Å². The molecule has 0 aromatic heterocycles. The Hall–Kier alpha value is -5.37. The molecule has 0 aliphatic carbocycles. The van der Waals surface area contributed by atoms with E-state index in [1.54, 1.807) is 0 Å². The summed E-state index contributed by atoms with van der Waals surface area (Å²) in [4.78, 5) is 57.4. The molecule has 4 atom stereocenters. The summed E-state index contributed by atoms with van der Waals surface area (Å²) in [6.07, 6.45) is 6.22. The lowest BCUT2D eigenvalue weighted by atomic mass is 9.64. The molecule has 4 aromatic carbocycles. The van der Waals surface area contributed by atoms with Crippen LogP contribution in [0.4, 0.5) is 17.1 Å². The predicted molar refractivity (Wildman–Crippen MR) is 182 cm³/mol. The van der Waals surface area contributed by atoms with Crippen molar-refractivity contribution in [1.29, 1.82) is 0 Å². The van der Waals surface area contributed by atoms with E-state index in [0.29, 0.717) is 16.8 Å². The Bertz CT molecular complexity index is 1950. The number of hydrogen-bond acceptors (Lipinski definition) is 6. The highest BCUT2D eigenvalue weighted by atomic mass is 16.6. The van der Waals surface area contributed by atoms with Gasteiger partial charge in [-0.15, -0.1) is 0 Å². The van der Waals surface area contributed by atoms with Crippen molar-refractivity contribution >= 4 is 40.1 Å². The number of nitro groups is 1. The number of unbranched alkanes of at least 4 members (excludes halogenated alkanes) is 2. The number of para-hydroxylation sites is 2. The number of hydrogen-bond donors (Lipinski definition) is 1. The fourth-order valence-corrected chi connectivity index (χ4v) is 7.90. The maximum absolute atomic E-state index is 15.1. The third-order valence-electron chi connectivity index (χ3n) is 10.1. The number of anilines is 2. The van der Waals surface area contributed by atoms with Crippen LogP contribution in [0.25, 0.3) is 5.57 Å².